The molecule has 0 N–H and O–H groups in total. The quantitative estimate of drug-likeness (QED) is 0.657. The van der Waals surface area contributed by atoms with Crippen molar-refractivity contribution in [1.82, 2.24) is 9.21 Å². The SMILES string of the molecule is Cc1ccc(S(=O)(=O)N2CCN(C(=O)COC(=O)CC3CCCC3)CC2)c(C)c1. The lowest BCUT2D eigenvalue weighted by Crippen LogP contribution is -2.51. The number of piperazine rings is 1. The van der Waals surface area contributed by atoms with Gasteiger partial charge in [-0.1, -0.05) is 30.5 Å². The molecule has 160 valence electrons. The Morgan fingerprint density at radius 2 is 1.72 bits per heavy atom. The first kappa shape index (κ1) is 21.8. The van der Waals surface area contributed by atoms with Crippen LogP contribution >= 0.6 is 0 Å². The van der Waals surface area contributed by atoms with E-state index < -0.39 is 10.0 Å². The number of sulfonamides is 1. The Bertz CT molecular complexity index is 854. The molecule has 0 aromatic heterocycles. The Morgan fingerprint density at radius 1 is 1.07 bits per heavy atom. The molecule has 1 aromatic carbocycles. The maximum absolute atomic E-state index is 12.9. The Balaban J connectivity index is 1.49. The zero-order valence-electron chi connectivity index (χ0n) is 17.2. The molecule has 3 rings (SSSR count). The van der Waals surface area contributed by atoms with Crippen molar-refractivity contribution >= 4 is 21.9 Å². The van der Waals surface area contributed by atoms with Crippen LogP contribution in [0.2, 0.25) is 0 Å². The summed E-state index contributed by atoms with van der Waals surface area (Å²) in [5, 5.41) is 0. The largest absolute Gasteiger partial charge is 0.456 e. The fourth-order valence-corrected chi connectivity index (χ4v) is 5.78. The van der Waals surface area contributed by atoms with Crippen LogP contribution in [0.1, 0.15) is 43.2 Å². The Morgan fingerprint density at radius 3 is 2.34 bits per heavy atom. The van der Waals surface area contributed by atoms with Crippen molar-refractivity contribution < 1.29 is 22.7 Å². The number of esters is 1. The van der Waals surface area contributed by atoms with Gasteiger partial charge in [0, 0.05) is 32.6 Å². The molecule has 1 heterocycles. The maximum Gasteiger partial charge on any atom is 0.306 e. The fraction of sp³-hybridized carbons (Fsp3) is 0.619. The lowest BCUT2D eigenvalue weighted by atomic mass is 10.0. The van der Waals surface area contributed by atoms with Crippen molar-refractivity contribution in [1.29, 1.82) is 0 Å². The van der Waals surface area contributed by atoms with E-state index in [-0.39, 0.29) is 31.6 Å². The van der Waals surface area contributed by atoms with Crippen LogP contribution in [0.5, 0.6) is 0 Å². The molecule has 1 aliphatic heterocycles. The number of carbonyl (C=O) groups excluding carboxylic acids is 2. The van der Waals surface area contributed by atoms with E-state index in [1.807, 2.05) is 13.0 Å². The van der Waals surface area contributed by atoms with Crippen molar-refractivity contribution in [3.63, 3.8) is 0 Å². The number of ether oxygens (including phenoxy) is 1. The molecule has 0 radical (unpaired) electrons. The Labute approximate surface area is 173 Å². The molecule has 0 bridgehead atoms. The normalized spacial score (nSPS) is 18.8. The number of benzene rings is 1. The second kappa shape index (κ2) is 9.26. The molecule has 0 spiro atoms. The summed E-state index contributed by atoms with van der Waals surface area (Å²) in [6.45, 7) is 4.50. The molecule has 2 fully saturated rings. The van der Waals surface area contributed by atoms with Crippen LogP contribution in [0.4, 0.5) is 0 Å². The van der Waals surface area contributed by atoms with Gasteiger partial charge in [-0.25, -0.2) is 8.42 Å². The van der Waals surface area contributed by atoms with E-state index in [4.69, 9.17) is 4.74 Å². The van der Waals surface area contributed by atoms with E-state index in [1.54, 1.807) is 24.0 Å². The Kier molecular flexibility index (Phi) is 6.95. The summed E-state index contributed by atoms with van der Waals surface area (Å²) >= 11 is 0. The van der Waals surface area contributed by atoms with Gasteiger partial charge in [0.2, 0.25) is 10.0 Å². The summed E-state index contributed by atoms with van der Waals surface area (Å²) in [6, 6.07) is 5.29. The average molecular weight is 423 g/mol. The number of hydrogen-bond acceptors (Lipinski definition) is 5. The van der Waals surface area contributed by atoms with Gasteiger partial charge < -0.3 is 9.64 Å². The fourth-order valence-electron chi connectivity index (χ4n) is 4.15. The highest BCUT2D eigenvalue weighted by atomic mass is 32.2. The van der Waals surface area contributed by atoms with Gasteiger partial charge in [0.05, 0.1) is 4.90 Å². The lowest BCUT2D eigenvalue weighted by Gasteiger charge is -2.34. The summed E-state index contributed by atoms with van der Waals surface area (Å²) in [7, 11) is -3.59. The standard InChI is InChI=1S/C21H30N2O5S/c1-16-7-8-19(17(2)13-16)29(26,27)23-11-9-22(10-12-23)20(24)15-28-21(25)14-18-5-3-4-6-18/h7-8,13,18H,3-6,9-12,14-15H2,1-2H3. The van der Waals surface area contributed by atoms with Crippen molar-refractivity contribution in [2.24, 2.45) is 5.92 Å². The summed E-state index contributed by atoms with van der Waals surface area (Å²) in [5.41, 5.74) is 1.73. The second-order valence-corrected chi connectivity index (χ2v) is 9.98. The van der Waals surface area contributed by atoms with Gasteiger partial charge in [0.25, 0.3) is 5.91 Å². The average Bonchev–Trinajstić information content (AvgIpc) is 3.19. The van der Waals surface area contributed by atoms with Gasteiger partial charge in [-0.05, 0) is 44.2 Å². The maximum atomic E-state index is 12.9. The third-order valence-electron chi connectivity index (χ3n) is 5.83. The highest BCUT2D eigenvalue weighted by Gasteiger charge is 2.31. The number of aryl methyl sites for hydroxylation is 2. The number of hydrogen-bond donors (Lipinski definition) is 0. The number of rotatable bonds is 6. The van der Waals surface area contributed by atoms with Crippen LogP contribution in [0.25, 0.3) is 0 Å². The van der Waals surface area contributed by atoms with Crippen LogP contribution < -0.4 is 0 Å². The van der Waals surface area contributed by atoms with E-state index in [1.165, 1.54) is 4.31 Å². The summed E-state index contributed by atoms with van der Waals surface area (Å²) < 4.78 is 32.4. The monoisotopic (exact) mass is 422 g/mol. The highest BCUT2D eigenvalue weighted by Crippen LogP contribution is 2.27. The topological polar surface area (TPSA) is 84.0 Å². The van der Waals surface area contributed by atoms with Gasteiger partial charge >= 0.3 is 5.97 Å². The second-order valence-electron chi connectivity index (χ2n) is 8.07. The molecule has 1 aromatic rings. The van der Waals surface area contributed by atoms with Crippen molar-refractivity contribution in [3.05, 3.63) is 29.3 Å². The zero-order chi connectivity index (χ0) is 21.0. The molecule has 0 unspecified atom stereocenters. The van der Waals surface area contributed by atoms with Gasteiger partial charge in [-0.15, -0.1) is 0 Å². The van der Waals surface area contributed by atoms with Gasteiger partial charge in [-0.3, -0.25) is 9.59 Å². The molecular weight excluding hydrogens is 392 g/mol. The molecule has 7 nitrogen and oxygen atoms in total. The minimum atomic E-state index is -3.59. The van der Waals surface area contributed by atoms with Crippen LogP contribution in [0.3, 0.4) is 0 Å². The van der Waals surface area contributed by atoms with Crippen LogP contribution in [0.15, 0.2) is 23.1 Å². The molecule has 1 saturated heterocycles. The Hall–Kier alpha value is -1.93. The molecule has 29 heavy (non-hydrogen) atoms. The van der Waals surface area contributed by atoms with E-state index in [9.17, 15) is 18.0 Å². The highest BCUT2D eigenvalue weighted by molar-refractivity contribution is 7.89. The van der Waals surface area contributed by atoms with E-state index in [2.05, 4.69) is 0 Å². The predicted molar refractivity (Wildman–Crippen MR) is 109 cm³/mol. The molecule has 1 saturated carbocycles. The smallest absolute Gasteiger partial charge is 0.306 e. The molecule has 2 aliphatic rings. The van der Waals surface area contributed by atoms with Crippen LogP contribution in [-0.2, 0) is 24.3 Å². The first-order valence-electron chi connectivity index (χ1n) is 10.3. The van der Waals surface area contributed by atoms with Crippen molar-refractivity contribution in [2.45, 2.75) is 50.8 Å². The predicted octanol–water partition coefficient (Wildman–Crippen LogP) is 2.26. The van der Waals surface area contributed by atoms with Crippen LogP contribution in [0, 0.1) is 19.8 Å². The molecule has 1 amide bonds. The van der Waals surface area contributed by atoms with Crippen LogP contribution in [-0.4, -0.2) is 62.3 Å². The number of carbonyl (C=O) groups is 2. The minimum Gasteiger partial charge on any atom is -0.456 e. The van der Waals surface area contributed by atoms with Gasteiger partial charge in [-0.2, -0.15) is 4.31 Å². The summed E-state index contributed by atoms with van der Waals surface area (Å²) in [6.07, 6.45) is 4.81. The number of nitrogens with zero attached hydrogens (tertiary/aromatic N) is 2. The van der Waals surface area contributed by atoms with Crippen molar-refractivity contribution in [3.8, 4) is 0 Å². The number of amides is 1. The van der Waals surface area contributed by atoms with Gasteiger partial charge in [0.1, 0.15) is 0 Å². The lowest BCUT2D eigenvalue weighted by molar-refractivity contribution is -0.153. The van der Waals surface area contributed by atoms with E-state index in [0.717, 1.165) is 36.8 Å². The van der Waals surface area contributed by atoms with E-state index >= 15 is 0 Å². The first-order chi connectivity index (χ1) is 13.8. The molecule has 8 heteroatoms. The third-order valence-corrected chi connectivity index (χ3v) is 7.89. The third kappa shape index (κ3) is 5.36. The molecule has 0 atom stereocenters. The van der Waals surface area contributed by atoms with E-state index in [0.29, 0.717) is 30.3 Å². The zero-order valence-corrected chi connectivity index (χ0v) is 18.0. The molecule has 1 aliphatic carbocycles. The molecular formula is C21H30N2O5S. The van der Waals surface area contributed by atoms with Gasteiger partial charge in [0.15, 0.2) is 6.61 Å². The van der Waals surface area contributed by atoms with Crippen molar-refractivity contribution in [2.75, 3.05) is 32.8 Å². The first-order valence-corrected chi connectivity index (χ1v) is 11.7. The summed E-state index contributed by atoms with van der Waals surface area (Å²) in [5.74, 6) is -0.203. The minimum absolute atomic E-state index is 0.234. The summed E-state index contributed by atoms with van der Waals surface area (Å²) in [4.78, 5) is 26.1.